The van der Waals surface area contributed by atoms with Crippen LogP contribution in [0.15, 0.2) is 30.3 Å². The summed E-state index contributed by atoms with van der Waals surface area (Å²) in [6.07, 6.45) is 9.26. The van der Waals surface area contributed by atoms with E-state index in [1.54, 1.807) is 0 Å². The molecule has 1 aliphatic heterocycles. The van der Waals surface area contributed by atoms with Crippen LogP contribution in [-0.4, -0.2) is 19.0 Å². The second-order valence-electron chi connectivity index (χ2n) is 7.23. The molecular formula is C20H30N2O. The lowest BCUT2D eigenvalue weighted by Gasteiger charge is -2.26. The van der Waals surface area contributed by atoms with E-state index in [1.807, 2.05) is 6.07 Å². The average molecular weight is 314 g/mol. The van der Waals surface area contributed by atoms with Crippen LogP contribution in [0.5, 0.6) is 0 Å². The molecule has 2 fully saturated rings. The minimum atomic E-state index is 0.208. The summed E-state index contributed by atoms with van der Waals surface area (Å²) < 4.78 is 0. The Balaban J connectivity index is 1.55. The molecular weight excluding hydrogens is 284 g/mol. The van der Waals surface area contributed by atoms with Gasteiger partial charge < -0.3 is 10.6 Å². The van der Waals surface area contributed by atoms with Crippen molar-refractivity contribution < 1.29 is 4.79 Å². The molecule has 23 heavy (non-hydrogen) atoms. The van der Waals surface area contributed by atoms with Crippen LogP contribution in [0.4, 0.5) is 0 Å². The lowest BCUT2D eigenvalue weighted by atomic mass is 9.90. The molecule has 3 nitrogen and oxygen atoms in total. The molecule has 0 radical (unpaired) electrons. The first-order valence-electron chi connectivity index (χ1n) is 9.38. The summed E-state index contributed by atoms with van der Waals surface area (Å²) in [6.45, 7) is 2.22. The Morgan fingerprint density at radius 2 is 1.78 bits per heavy atom. The first-order valence-corrected chi connectivity index (χ1v) is 9.38. The summed E-state index contributed by atoms with van der Waals surface area (Å²) in [5, 5.41) is 6.75. The summed E-state index contributed by atoms with van der Waals surface area (Å²) in [7, 11) is 0. The van der Waals surface area contributed by atoms with Crippen molar-refractivity contribution in [3.8, 4) is 0 Å². The molecule has 3 heteroatoms. The summed E-state index contributed by atoms with van der Waals surface area (Å²) in [4.78, 5) is 12.5. The fourth-order valence-corrected chi connectivity index (χ4v) is 4.18. The summed E-state index contributed by atoms with van der Waals surface area (Å²) in [6, 6.07) is 10.7. The van der Waals surface area contributed by atoms with E-state index in [1.165, 1.54) is 44.1 Å². The van der Waals surface area contributed by atoms with E-state index >= 15 is 0 Å². The maximum Gasteiger partial charge on any atom is 0.220 e. The molecule has 1 amide bonds. The summed E-state index contributed by atoms with van der Waals surface area (Å²) in [5.41, 5.74) is 1.27. The van der Waals surface area contributed by atoms with Crippen LogP contribution in [0.1, 0.15) is 63.0 Å². The predicted molar refractivity (Wildman–Crippen MR) is 94.1 cm³/mol. The van der Waals surface area contributed by atoms with Crippen molar-refractivity contribution in [3.05, 3.63) is 35.9 Å². The van der Waals surface area contributed by atoms with E-state index in [-0.39, 0.29) is 11.9 Å². The molecule has 1 heterocycles. The molecule has 2 N–H and O–H groups in total. The zero-order valence-electron chi connectivity index (χ0n) is 14.1. The number of piperidine rings is 1. The Morgan fingerprint density at radius 3 is 2.48 bits per heavy atom. The van der Waals surface area contributed by atoms with Gasteiger partial charge in [0.25, 0.3) is 0 Å². The second kappa shape index (κ2) is 8.49. The van der Waals surface area contributed by atoms with Crippen molar-refractivity contribution in [2.45, 2.75) is 57.4 Å². The first kappa shape index (κ1) is 16.5. The largest absolute Gasteiger partial charge is 0.349 e. The molecule has 126 valence electrons. The van der Waals surface area contributed by atoms with E-state index in [4.69, 9.17) is 0 Å². The molecule has 1 saturated carbocycles. The van der Waals surface area contributed by atoms with Gasteiger partial charge in [0.1, 0.15) is 0 Å². The van der Waals surface area contributed by atoms with E-state index in [9.17, 15) is 4.79 Å². The Labute approximate surface area is 140 Å². The van der Waals surface area contributed by atoms with E-state index in [2.05, 4.69) is 34.9 Å². The molecule has 1 saturated heterocycles. The third-order valence-electron chi connectivity index (χ3n) is 5.58. The molecule has 1 aromatic rings. The van der Waals surface area contributed by atoms with Gasteiger partial charge in [0, 0.05) is 6.42 Å². The van der Waals surface area contributed by atoms with Crippen molar-refractivity contribution in [3.63, 3.8) is 0 Å². The molecule has 1 unspecified atom stereocenters. The predicted octanol–water partition coefficient (Wildman–Crippen LogP) is 3.81. The van der Waals surface area contributed by atoms with Crippen molar-refractivity contribution in [2.75, 3.05) is 13.1 Å². The van der Waals surface area contributed by atoms with Gasteiger partial charge in [-0.1, -0.05) is 43.2 Å². The molecule has 0 bridgehead atoms. The van der Waals surface area contributed by atoms with Crippen molar-refractivity contribution in [2.24, 2.45) is 11.8 Å². The van der Waals surface area contributed by atoms with Crippen LogP contribution >= 0.6 is 0 Å². The van der Waals surface area contributed by atoms with Crippen LogP contribution < -0.4 is 10.6 Å². The third-order valence-corrected chi connectivity index (χ3v) is 5.58. The lowest BCUT2D eigenvalue weighted by molar-refractivity contribution is -0.122. The maximum atomic E-state index is 12.5. The van der Waals surface area contributed by atoms with Gasteiger partial charge in [-0.3, -0.25) is 4.79 Å². The quantitative estimate of drug-likeness (QED) is 0.838. The Bertz CT molecular complexity index is 476. The summed E-state index contributed by atoms with van der Waals surface area (Å²) >= 11 is 0. The fourth-order valence-electron chi connectivity index (χ4n) is 4.18. The number of carbonyl (C=O) groups excluding carboxylic acids is 1. The monoisotopic (exact) mass is 314 g/mol. The Kier molecular flexibility index (Phi) is 6.09. The van der Waals surface area contributed by atoms with Crippen LogP contribution in [0.3, 0.4) is 0 Å². The summed E-state index contributed by atoms with van der Waals surface area (Å²) in [5.74, 6) is 1.58. The Hall–Kier alpha value is -1.35. The number of carbonyl (C=O) groups is 1. The SMILES string of the molecule is O=C(CCC1CCNCC1)NC(c1ccccc1)C1CCCC1. The lowest BCUT2D eigenvalue weighted by Crippen LogP contribution is -2.33. The maximum absolute atomic E-state index is 12.5. The van der Waals surface area contributed by atoms with Crippen LogP contribution in [0.2, 0.25) is 0 Å². The zero-order valence-corrected chi connectivity index (χ0v) is 14.1. The molecule has 3 rings (SSSR count). The number of nitrogens with one attached hydrogen (secondary N) is 2. The highest BCUT2D eigenvalue weighted by molar-refractivity contribution is 5.76. The number of rotatable bonds is 6. The number of hydrogen-bond donors (Lipinski definition) is 2. The smallest absolute Gasteiger partial charge is 0.220 e. The van der Waals surface area contributed by atoms with Gasteiger partial charge in [0.15, 0.2) is 0 Å². The van der Waals surface area contributed by atoms with Gasteiger partial charge in [-0.15, -0.1) is 0 Å². The van der Waals surface area contributed by atoms with E-state index < -0.39 is 0 Å². The van der Waals surface area contributed by atoms with E-state index in [0.717, 1.165) is 25.4 Å². The third kappa shape index (κ3) is 4.81. The molecule has 1 atom stereocenters. The van der Waals surface area contributed by atoms with Crippen molar-refractivity contribution >= 4 is 5.91 Å². The average Bonchev–Trinajstić information content (AvgIpc) is 3.14. The van der Waals surface area contributed by atoms with Gasteiger partial charge >= 0.3 is 0 Å². The molecule has 1 aliphatic carbocycles. The minimum Gasteiger partial charge on any atom is -0.349 e. The highest BCUT2D eigenvalue weighted by Gasteiger charge is 2.27. The van der Waals surface area contributed by atoms with Gasteiger partial charge in [-0.05, 0) is 62.6 Å². The van der Waals surface area contributed by atoms with Gasteiger partial charge in [-0.2, -0.15) is 0 Å². The molecule has 2 aliphatic rings. The molecule has 0 spiro atoms. The second-order valence-corrected chi connectivity index (χ2v) is 7.23. The van der Waals surface area contributed by atoms with Crippen molar-refractivity contribution in [1.82, 2.24) is 10.6 Å². The van der Waals surface area contributed by atoms with Crippen LogP contribution in [0, 0.1) is 11.8 Å². The zero-order chi connectivity index (χ0) is 15.9. The first-order chi connectivity index (χ1) is 11.3. The highest BCUT2D eigenvalue weighted by Crippen LogP contribution is 2.35. The van der Waals surface area contributed by atoms with E-state index in [0.29, 0.717) is 12.3 Å². The van der Waals surface area contributed by atoms with Gasteiger partial charge in [0.2, 0.25) is 5.91 Å². The highest BCUT2D eigenvalue weighted by atomic mass is 16.1. The standard InChI is InChI=1S/C20H30N2O/c23-19(11-10-16-12-14-21-15-13-16)22-20(18-8-4-5-9-18)17-6-2-1-3-7-17/h1-3,6-7,16,18,20-21H,4-5,8-15H2,(H,22,23). The van der Waals surface area contributed by atoms with Crippen LogP contribution in [-0.2, 0) is 4.79 Å². The van der Waals surface area contributed by atoms with Crippen LogP contribution in [0.25, 0.3) is 0 Å². The Morgan fingerprint density at radius 1 is 1.09 bits per heavy atom. The van der Waals surface area contributed by atoms with Crippen molar-refractivity contribution in [1.29, 1.82) is 0 Å². The number of benzene rings is 1. The molecule has 1 aromatic carbocycles. The van der Waals surface area contributed by atoms with Gasteiger partial charge in [0.05, 0.1) is 6.04 Å². The molecule has 0 aromatic heterocycles. The minimum absolute atomic E-state index is 0.208. The number of amides is 1. The fraction of sp³-hybridized carbons (Fsp3) is 0.650. The normalized spacial score (nSPS) is 21.2. The van der Waals surface area contributed by atoms with Gasteiger partial charge in [-0.25, -0.2) is 0 Å². The topological polar surface area (TPSA) is 41.1 Å². The number of hydrogen-bond acceptors (Lipinski definition) is 2.